The number of carbonyl (C=O) groups excluding carboxylic acids is 2. The van der Waals surface area contributed by atoms with Gasteiger partial charge in [-0.05, 0) is 25.1 Å². The zero-order valence-electron chi connectivity index (χ0n) is 15.6. The molecule has 4 rings (SSSR count). The van der Waals surface area contributed by atoms with Crippen molar-refractivity contribution in [2.75, 3.05) is 26.2 Å². The summed E-state index contributed by atoms with van der Waals surface area (Å²) in [6, 6.07) is 11.5. The van der Waals surface area contributed by atoms with Crippen molar-refractivity contribution in [1.29, 1.82) is 0 Å². The van der Waals surface area contributed by atoms with E-state index in [4.69, 9.17) is 0 Å². The number of rotatable bonds is 2. The number of piperazine rings is 1. The van der Waals surface area contributed by atoms with Crippen molar-refractivity contribution < 1.29 is 9.59 Å². The molecule has 3 heterocycles. The second-order valence-corrected chi connectivity index (χ2v) is 6.86. The Bertz CT molecular complexity index is 1000. The molecule has 6 heteroatoms. The third-order valence-electron chi connectivity index (χ3n) is 5.38. The maximum Gasteiger partial charge on any atom is 0.256 e. The fraction of sp³-hybridized carbons (Fsp3) is 0.286. The molecule has 138 valence electrons. The molecule has 6 nitrogen and oxygen atoms in total. The highest BCUT2D eigenvalue weighted by atomic mass is 16.2. The Morgan fingerprint density at radius 1 is 0.926 bits per heavy atom. The van der Waals surface area contributed by atoms with Gasteiger partial charge in [-0.2, -0.15) is 0 Å². The Labute approximate surface area is 158 Å². The number of pyridine rings is 1. The third-order valence-corrected chi connectivity index (χ3v) is 5.38. The van der Waals surface area contributed by atoms with E-state index in [9.17, 15) is 9.59 Å². The van der Waals surface area contributed by atoms with E-state index in [1.807, 2.05) is 43.1 Å². The number of fused-ring (bicyclic) bond motifs is 1. The van der Waals surface area contributed by atoms with E-state index in [-0.39, 0.29) is 11.8 Å². The fourth-order valence-electron chi connectivity index (χ4n) is 3.73. The van der Waals surface area contributed by atoms with E-state index >= 15 is 0 Å². The zero-order valence-corrected chi connectivity index (χ0v) is 15.6. The molecular weight excluding hydrogens is 340 g/mol. The van der Waals surface area contributed by atoms with Crippen molar-refractivity contribution in [2.24, 2.45) is 7.05 Å². The number of amides is 2. The van der Waals surface area contributed by atoms with E-state index in [0.29, 0.717) is 31.7 Å². The first-order valence-corrected chi connectivity index (χ1v) is 9.10. The van der Waals surface area contributed by atoms with Gasteiger partial charge in [0.05, 0.1) is 11.1 Å². The molecule has 1 aromatic carbocycles. The molecule has 0 bridgehead atoms. The van der Waals surface area contributed by atoms with Crippen molar-refractivity contribution in [2.45, 2.75) is 6.92 Å². The van der Waals surface area contributed by atoms with Crippen LogP contribution < -0.4 is 0 Å². The van der Waals surface area contributed by atoms with Gasteiger partial charge in [-0.3, -0.25) is 14.6 Å². The van der Waals surface area contributed by atoms with Crippen molar-refractivity contribution in [3.8, 4) is 0 Å². The smallest absolute Gasteiger partial charge is 0.256 e. The van der Waals surface area contributed by atoms with Gasteiger partial charge >= 0.3 is 0 Å². The van der Waals surface area contributed by atoms with E-state index in [1.165, 1.54) is 0 Å². The highest BCUT2D eigenvalue weighted by molar-refractivity contribution is 6.08. The topological polar surface area (TPSA) is 58.4 Å². The Balaban J connectivity index is 1.51. The van der Waals surface area contributed by atoms with Gasteiger partial charge in [0.1, 0.15) is 0 Å². The number of carbonyl (C=O) groups is 2. The Hall–Kier alpha value is -3.15. The second kappa shape index (κ2) is 6.87. The van der Waals surface area contributed by atoms with Gasteiger partial charge in [0, 0.05) is 62.2 Å². The average Bonchev–Trinajstić information content (AvgIpc) is 2.98. The van der Waals surface area contributed by atoms with E-state index < -0.39 is 0 Å². The summed E-state index contributed by atoms with van der Waals surface area (Å²) in [6.45, 7) is 4.11. The maximum absolute atomic E-state index is 13.2. The fourth-order valence-corrected chi connectivity index (χ4v) is 3.73. The summed E-state index contributed by atoms with van der Waals surface area (Å²) in [5.41, 5.74) is 3.38. The lowest BCUT2D eigenvalue weighted by molar-refractivity contribution is 0.0535. The normalized spacial score (nSPS) is 14.6. The summed E-state index contributed by atoms with van der Waals surface area (Å²) in [4.78, 5) is 33.4. The summed E-state index contributed by atoms with van der Waals surface area (Å²) in [6.07, 6.45) is 3.24. The summed E-state index contributed by atoms with van der Waals surface area (Å²) in [7, 11) is 1.99. The van der Waals surface area contributed by atoms with Crippen LogP contribution in [0, 0.1) is 6.92 Å². The first kappa shape index (κ1) is 17.3. The van der Waals surface area contributed by atoms with Crippen molar-refractivity contribution in [3.05, 3.63) is 65.6 Å². The number of para-hydroxylation sites is 1. The SMILES string of the molecule is Cc1c(C(=O)N2CCN(C(=O)c3cccnc3)CC2)c2ccccc2n1C. The number of aromatic nitrogens is 2. The lowest BCUT2D eigenvalue weighted by Gasteiger charge is -2.34. The number of aryl methyl sites for hydroxylation is 1. The first-order valence-electron chi connectivity index (χ1n) is 9.10. The lowest BCUT2D eigenvalue weighted by atomic mass is 10.1. The number of hydrogen-bond acceptors (Lipinski definition) is 3. The van der Waals surface area contributed by atoms with Gasteiger partial charge < -0.3 is 14.4 Å². The van der Waals surface area contributed by atoms with Gasteiger partial charge in [0.2, 0.25) is 0 Å². The molecule has 1 saturated heterocycles. The second-order valence-electron chi connectivity index (χ2n) is 6.86. The Morgan fingerprint density at radius 2 is 1.59 bits per heavy atom. The van der Waals surface area contributed by atoms with Crippen LogP contribution in [0.2, 0.25) is 0 Å². The highest BCUT2D eigenvalue weighted by Crippen LogP contribution is 2.26. The van der Waals surface area contributed by atoms with Crippen molar-refractivity contribution >= 4 is 22.7 Å². The van der Waals surface area contributed by atoms with Crippen LogP contribution in [0.1, 0.15) is 26.4 Å². The molecule has 0 N–H and O–H groups in total. The summed E-state index contributed by atoms with van der Waals surface area (Å²) < 4.78 is 2.06. The molecule has 0 atom stereocenters. The molecule has 27 heavy (non-hydrogen) atoms. The first-order chi connectivity index (χ1) is 13.1. The lowest BCUT2D eigenvalue weighted by Crippen LogP contribution is -2.50. The van der Waals surface area contributed by atoms with Gasteiger partial charge in [-0.1, -0.05) is 18.2 Å². The van der Waals surface area contributed by atoms with E-state index in [2.05, 4.69) is 9.55 Å². The molecule has 0 spiro atoms. The monoisotopic (exact) mass is 362 g/mol. The quantitative estimate of drug-likeness (QED) is 0.704. The molecule has 2 aromatic heterocycles. The van der Waals surface area contributed by atoms with Crippen LogP contribution in [0.15, 0.2) is 48.8 Å². The minimum atomic E-state index is -0.0310. The molecule has 1 fully saturated rings. The minimum Gasteiger partial charge on any atom is -0.347 e. The molecule has 2 amide bonds. The van der Waals surface area contributed by atoms with Crippen LogP contribution >= 0.6 is 0 Å². The van der Waals surface area contributed by atoms with Crippen molar-refractivity contribution in [3.63, 3.8) is 0 Å². The van der Waals surface area contributed by atoms with Crippen LogP contribution in [0.4, 0.5) is 0 Å². The summed E-state index contributed by atoms with van der Waals surface area (Å²) in [5.74, 6) is 0.00863. The van der Waals surface area contributed by atoms with Crippen LogP contribution in [-0.4, -0.2) is 57.3 Å². The molecule has 0 aliphatic carbocycles. The summed E-state index contributed by atoms with van der Waals surface area (Å²) in [5, 5.41) is 0.983. The third kappa shape index (κ3) is 2.97. The molecule has 3 aromatic rings. The van der Waals surface area contributed by atoms with E-state index in [1.54, 1.807) is 29.4 Å². The molecule has 0 radical (unpaired) electrons. The van der Waals surface area contributed by atoms with Gasteiger partial charge in [-0.15, -0.1) is 0 Å². The number of hydrogen-bond donors (Lipinski definition) is 0. The highest BCUT2D eigenvalue weighted by Gasteiger charge is 2.28. The predicted octanol–water partition coefficient (Wildman–Crippen LogP) is 2.48. The summed E-state index contributed by atoms with van der Waals surface area (Å²) >= 11 is 0. The van der Waals surface area contributed by atoms with Gasteiger partial charge in [0.25, 0.3) is 11.8 Å². The van der Waals surface area contributed by atoms with Gasteiger partial charge in [0.15, 0.2) is 0 Å². The van der Waals surface area contributed by atoms with Gasteiger partial charge in [-0.25, -0.2) is 0 Å². The van der Waals surface area contributed by atoms with E-state index in [0.717, 1.165) is 22.2 Å². The molecule has 1 aliphatic rings. The molecular formula is C21H22N4O2. The number of benzene rings is 1. The minimum absolute atomic E-state index is 0.0310. The number of nitrogens with zero attached hydrogens (tertiary/aromatic N) is 4. The Morgan fingerprint density at radius 3 is 2.26 bits per heavy atom. The van der Waals surface area contributed by atoms with Crippen LogP contribution in [-0.2, 0) is 7.05 Å². The Kier molecular flexibility index (Phi) is 4.39. The molecule has 0 unspecified atom stereocenters. The predicted molar refractivity (Wildman–Crippen MR) is 104 cm³/mol. The average molecular weight is 362 g/mol. The standard InChI is InChI=1S/C21H22N4O2/c1-15-19(17-7-3-4-8-18(17)23(15)2)21(27)25-12-10-24(11-13-25)20(26)16-6-5-9-22-14-16/h3-9,14H,10-13H2,1-2H3. The van der Waals surface area contributed by atoms with Crippen LogP contribution in [0.3, 0.4) is 0 Å². The molecule has 0 saturated carbocycles. The molecule has 1 aliphatic heterocycles. The van der Waals surface area contributed by atoms with Crippen LogP contribution in [0.25, 0.3) is 10.9 Å². The maximum atomic E-state index is 13.2. The van der Waals surface area contributed by atoms with Crippen molar-refractivity contribution in [1.82, 2.24) is 19.4 Å². The van der Waals surface area contributed by atoms with Crippen LogP contribution in [0.5, 0.6) is 0 Å². The zero-order chi connectivity index (χ0) is 19.0. The largest absolute Gasteiger partial charge is 0.347 e.